The van der Waals surface area contributed by atoms with Crippen molar-refractivity contribution in [3.8, 4) is 11.4 Å². The number of amides is 1. The van der Waals surface area contributed by atoms with Crippen LogP contribution in [0, 0.1) is 18.7 Å². The largest absolute Gasteiger partial charge is 0.462 e. The Morgan fingerprint density at radius 3 is 2.76 bits per heavy atom. The Kier molecular flexibility index (Phi) is 7.32. The molecular weight excluding hydrogens is 439 g/mol. The predicted molar refractivity (Wildman–Crippen MR) is 123 cm³/mol. The molecule has 1 saturated heterocycles. The monoisotopic (exact) mass is 466 g/mol. The summed E-state index contributed by atoms with van der Waals surface area (Å²) in [7, 11) is 0. The lowest BCUT2D eigenvalue weighted by molar-refractivity contribution is -0.121. The zero-order valence-electron chi connectivity index (χ0n) is 19.2. The quantitative estimate of drug-likeness (QED) is 0.521. The highest BCUT2D eigenvalue weighted by molar-refractivity contribution is 5.95. The molecule has 8 nitrogen and oxygen atoms in total. The summed E-state index contributed by atoms with van der Waals surface area (Å²) in [5, 5.41) is 6.98. The first-order chi connectivity index (χ1) is 16.4. The van der Waals surface area contributed by atoms with E-state index in [9.17, 15) is 14.0 Å². The Hall–Kier alpha value is -3.59. The zero-order valence-corrected chi connectivity index (χ0v) is 19.2. The van der Waals surface area contributed by atoms with Crippen molar-refractivity contribution in [1.29, 1.82) is 0 Å². The van der Waals surface area contributed by atoms with Gasteiger partial charge in [-0.2, -0.15) is 4.98 Å². The fourth-order valence-electron chi connectivity index (χ4n) is 4.02. The van der Waals surface area contributed by atoms with E-state index in [1.807, 2.05) is 6.92 Å². The van der Waals surface area contributed by atoms with Crippen molar-refractivity contribution in [3.63, 3.8) is 0 Å². The first-order valence-corrected chi connectivity index (χ1v) is 11.3. The lowest BCUT2D eigenvalue weighted by Gasteiger charge is -2.31. The number of nitrogens with one attached hydrogen (secondary N) is 1. The second-order valence-corrected chi connectivity index (χ2v) is 8.33. The number of esters is 1. The van der Waals surface area contributed by atoms with E-state index in [0.717, 1.165) is 24.9 Å². The summed E-state index contributed by atoms with van der Waals surface area (Å²) in [5.41, 5.74) is 2.61. The van der Waals surface area contributed by atoms with E-state index in [0.29, 0.717) is 48.2 Å². The number of likely N-dealkylation sites (tertiary alicyclic amines) is 1. The third-order valence-electron chi connectivity index (χ3n) is 5.80. The molecule has 1 unspecified atom stereocenters. The summed E-state index contributed by atoms with van der Waals surface area (Å²) in [6.45, 7) is 5.75. The minimum absolute atomic E-state index is 0.0609. The van der Waals surface area contributed by atoms with E-state index in [1.165, 1.54) is 12.1 Å². The van der Waals surface area contributed by atoms with Crippen molar-refractivity contribution >= 4 is 17.6 Å². The molecule has 0 aliphatic carbocycles. The Balaban J connectivity index is 1.35. The highest BCUT2D eigenvalue weighted by Gasteiger charge is 2.27. The molecule has 9 heteroatoms. The lowest BCUT2D eigenvalue weighted by atomic mass is 9.96. The number of ether oxygens (including phenoxy) is 1. The van der Waals surface area contributed by atoms with Gasteiger partial charge in [-0.3, -0.25) is 9.69 Å². The second kappa shape index (κ2) is 10.6. The van der Waals surface area contributed by atoms with Crippen molar-refractivity contribution in [2.24, 2.45) is 5.92 Å². The fourth-order valence-corrected chi connectivity index (χ4v) is 4.02. The molecule has 1 aliphatic rings. The van der Waals surface area contributed by atoms with Crippen LogP contribution >= 0.6 is 0 Å². The van der Waals surface area contributed by atoms with Crippen molar-refractivity contribution in [3.05, 3.63) is 65.3 Å². The Bertz CT molecular complexity index is 1160. The van der Waals surface area contributed by atoms with E-state index in [4.69, 9.17) is 9.26 Å². The number of hydrogen-bond acceptors (Lipinski definition) is 7. The van der Waals surface area contributed by atoms with Gasteiger partial charge in [0.2, 0.25) is 17.6 Å². The molecule has 1 aliphatic heterocycles. The van der Waals surface area contributed by atoms with Gasteiger partial charge >= 0.3 is 5.97 Å². The van der Waals surface area contributed by atoms with E-state index in [2.05, 4.69) is 20.4 Å². The number of carbonyl (C=O) groups excluding carboxylic acids is 2. The molecule has 1 aromatic heterocycles. The number of carbonyl (C=O) groups is 2. The van der Waals surface area contributed by atoms with Crippen molar-refractivity contribution in [2.75, 3.05) is 25.0 Å². The molecule has 1 N–H and O–H groups in total. The first-order valence-electron chi connectivity index (χ1n) is 11.3. The number of piperidine rings is 1. The van der Waals surface area contributed by atoms with Crippen LogP contribution in [0.15, 0.2) is 47.0 Å². The van der Waals surface area contributed by atoms with Crippen LogP contribution < -0.4 is 5.32 Å². The van der Waals surface area contributed by atoms with E-state index >= 15 is 0 Å². The van der Waals surface area contributed by atoms with Crippen molar-refractivity contribution in [2.45, 2.75) is 33.2 Å². The minimum Gasteiger partial charge on any atom is -0.462 e. The van der Waals surface area contributed by atoms with E-state index < -0.39 is 0 Å². The van der Waals surface area contributed by atoms with Crippen LogP contribution in [0.4, 0.5) is 10.1 Å². The predicted octanol–water partition coefficient (Wildman–Crippen LogP) is 4.21. The molecule has 2 heterocycles. The molecule has 0 saturated carbocycles. The second-order valence-electron chi connectivity index (χ2n) is 8.33. The number of aromatic nitrogens is 2. The molecule has 1 atom stereocenters. The number of halogens is 1. The molecule has 1 amide bonds. The third kappa shape index (κ3) is 5.66. The van der Waals surface area contributed by atoms with E-state index in [1.54, 1.807) is 37.3 Å². The lowest BCUT2D eigenvalue weighted by Crippen LogP contribution is -2.40. The topological polar surface area (TPSA) is 97.6 Å². The van der Waals surface area contributed by atoms with Gasteiger partial charge in [-0.1, -0.05) is 5.16 Å². The van der Waals surface area contributed by atoms with Crippen LogP contribution in [0.25, 0.3) is 11.4 Å². The van der Waals surface area contributed by atoms with E-state index in [-0.39, 0.29) is 23.6 Å². The number of hydrogen-bond donors (Lipinski definition) is 1. The molecular formula is C25H27FN4O4. The molecule has 0 spiro atoms. The summed E-state index contributed by atoms with van der Waals surface area (Å²) < 4.78 is 23.5. The van der Waals surface area contributed by atoms with Crippen LogP contribution in [-0.2, 0) is 16.1 Å². The Morgan fingerprint density at radius 1 is 1.24 bits per heavy atom. The first kappa shape index (κ1) is 23.6. The van der Waals surface area contributed by atoms with Gasteiger partial charge in [0.15, 0.2) is 0 Å². The van der Waals surface area contributed by atoms with Crippen LogP contribution in [0.1, 0.15) is 41.6 Å². The molecule has 1 fully saturated rings. The minimum atomic E-state index is -0.380. The summed E-state index contributed by atoms with van der Waals surface area (Å²) in [5.74, 6) is -0.0920. The van der Waals surface area contributed by atoms with Gasteiger partial charge in [-0.15, -0.1) is 0 Å². The van der Waals surface area contributed by atoms with Crippen LogP contribution in [0.5, 0.6) is 0 Å². The molecule has 3 aromatic rings. The van der Waals surface area contributed by atoms with Crippen LogP contribution in [-0.4, -0.2) is 46.6 Å². The van der Waals surface area contributed by atoms with Crippen molar-refractivity contribution < 1.29 is 23.2 Å². The molecule has 0 radical (unpaired) electrons. The zero-order chi connectivity index (χ0) is 24.1. The van der Waals surface area contributed by atoms with Crippen molar-refractivity contribution in [1.82, 2.24) is 15.0 Å². The highest BCUT2D eigenvalue weighted by Crippen LogP contribution is 2.23. The van der Waals surface area contributed by atoms with Gasteiger partial charge in [-0.05, 0) is 81.3 Å². The number of rotatable bonds is 7. The average Bonchev–Trinajstić information content (AvgIpc) is 3.29. The standard InChI is InChI=1S/C25H27FN4O4/c1-3-33-25(32)18-8-11-21(16(2)13-18)27-24(31)19-5-4-12-30(14-19)15-22-28-23(29-34-22)17-6-9-20(26)10-7-17/h6-11,13,19H,3-5,12,14-15H2,1-2H3,(H,27,31). The maximum atomic E-state index is 13.1. The molecule has 0 bridgehead atoms. The number of nitrogens with zero attached hydrogens (tertiary/aromatic N) is 3. The van der Waals surface area contributed by atoms with Gasteiger partial charge in [-0.25, -0.2) is 9.18 Å². The van der Waals surface area contributed by atoms with Crippen LogP contribution in [0.3, 0.4) is 0 Å². The summed E-state index contributed by atoms with van der Waals surface area (Å²) >= 11 is 0. The molecule has 2 aromatic carbocycles. The fraction of sp³-hybridized carbons (Fsp3) is 0.360. The van der Waals surface area contributed by atoms with Gasteiger partial charge in [0, 0.05) is 17.8 Å². The summed E-state index contributed by atoms with van der Waals surface area (Å²) in [4.78, 5) is 31.4. The number of benzene rings is 2. The normalized spacial score (nSPS) is 16.3. The molecule has 178 valence electrons. The number of anilines is 1. The SMILES string of the molecule is CCOC(=O)c1ccc(NC(=O)C2CCCN(Cc3nc(-c4ccc(F)cc4)no3)C2)c(C)c1. The summed E-state index contributed by atoms with van der Waals surface area (Å²) in [6, 6.07) is 11.0. The average molecular weight is 467 g/mol. The maximum Gasteiger partial charge on any atom is 0.338 e. The smallest absolute Gasteiger partial charge is 0.338 e. The molecule has 4 rings (SSSR count). The third-order valence-corrected chi connectivity index (χ3v) is 5.80. The Labute approximate surface area is 197 Å². The van der Waals surface area contributed by atoms with Crippen LogP contribution in [0.2, 0.25) is 0 Å². The molecule has 34 heavy (non-hydrogen) atoms. The maximum absolute atomic E-state index is 13.1. The van der Waals surface area contributed by atoms with Gasteiger partial charge in [0.05, 0.1) is 24.6 Å². The van der Waals surface area contributed by atoms with Gasteiger partial charge in [0.25, 0.3) is 0 Å². The van der Waals surface area contributed by atoms with Gasteiger partial charge in [0.1, 0.15) is 5.82 Å². The highest BCUT2D eigenvalue weighted by atomic mass is 19.1. The number of aryl methyl sites for hydroxylation is 1. The summed E-state index contributed by atoms with van der Waals surface area (Å²) in [6.07, 6.45) is 1.66. The Morgan fingerprint density at radius 2 is 2.03 bits per heavy atom. The van der Waals surface area contributed by atoms with Gasteiger partial charge < -0.3 is 14.6 Å².